The Morgan fingerprint density at radius 1 is 1.57 bits per heavy atom. The number of nitrogens with zero attached hydrogens (tertiary/aromatic N) is 1. The quantitative estimate of drug-likeness (QED) is 0.451. The summed E-state index contributed by atoms with van der Waals surface area (Å²) < 4.78 is 5.18. The Morgan fingerprint density at radius 3 is 2.86 bits per heavy atom. The minimum absolute atomic E-state index is 0.0294. The fourth-order valence-corrected chi connectivity index (χ4v) is 0.944. The van der Waals surface area contributed by atoms with Gasteiger partial charge in [-0.3, -0.25) is 10.1 Å². The highest BCUT2D eigenvalue weighted by atomic mass is 16.6. The number of rotatable bonds is 4. The number of nitrogens with two attached hydrogens (primary N) is 1. The molecule has 0 aliphatic heterocycles. The van der Waals surface area contributed by atoms with Crippen LogP contribution in [0, 0.1) is 17.0 Å². The van der Waals surface area contributed by atoms with Gasteiger partial charge in [-0.25, -0.2) is 0 Å². The van der Waals surface area contributed by atoms with Crippen molar-refractivity contribution in [3.63, 3.8) is 0 Å². The first-order valence-electron chi connectivity index (χ1n) is 4.11. The van der Waals surface area contributed by atoms with Crippen molar-refractivity contribution in [1.29, 1.82) is 0 Å². The largest absolute Gasteiger partial charge is 0.491 e. The fourth-order valence-electron chi connectivity index (χ4n) is 0.944. The summed E-state index contributed by atoms with van der Waals surface area (Å²) in [6.07, 6.45) is 0.585. The third kappa shape index (κ3) is 2.35. The average Bonchev–Trinajstić information content (AvgIpc) is 2.16. The van der Waals surface area contributed by atoms with E-state index in [1.165, 1.54) is 18.2 Å². The highest BCUT2D eigenvalue weighted by Crippen LogP contribution is 2.26. The van der Waals surface area contributed by atoms with Gasteiger partial charge in [0.15, 0.2) is 0 Å². The topological polar surface area (TPSA) is 78.4 Å². The van der Waals surface area contributed by atoms with Crippen LogP contribution in [0.2, 0.25) is 0 Å². The van der Waals surface area contributed by atoms with Gasteiger partial charge in [0.1, 0.15) is 5.75 Å². The number of non-ortho nitro benzene ring substituents is 1. The van der Waals surface area contributed by atoms with Crippen molar-refractivity contribution in [3.05, 3.63) is 35.2 Å². The maximum atomic E-state index is 10.4. The van der Waals surface area contributed by atoms with Gasteiger partial charge in [-0.2, -0.15) is 0 Å². The Morgan fingerprint density at radius 2 is 2.29 bits per heavy atom. The third-order valence-electron chi connectivity index (χ3n) is 1.61. The summed E-state index contributed by atoms with van der Waals surface area (Å²) in [5, 5.41) is 10.4. The number of hydrogen-bond acceptors (Lipinski definition) is 4. The molecule has 0 aliphatic rings. The van der Waals surface area contributed by atoms with Crippen LogP contribution < -0.4 is 10.5 Å². The zero-order chi connectivity index (χ0) is 10.6. The Bertz CT molecular complexity index is 339. The molecule has 0 aromatic heterocycles. The number of nitrogen functional groups attached to an aromatic ring is 1. The number of hydrogen-bond donors (Lipinski definition) is 1. The minimum Gasteiger partial charge on any atom is -0.491 e. The maximum Gasteiger partial charge on any atom is 0.273 e. The summed E-state index contributed by atoms with van der Waals surface area (Å²) in [7, 11) is 0. The molecular formula is C9H11N2O3. The average molecular weight is 195 g/mol. The molecule has 14 heavy (non-hydrogen) atoms. The molecule has 1 radical (unpaired) electrons. The number of ether oxygens (including phenoxy) is 1. The van der Waals surface area contributed by atoms with Crippen LogP contribution in [0.5, 0.6) is 5.75 Å². The fraction of sp³-hybridized carbons (Fsp3) is 0.222. The first-order chi connectivity index (χ1) is 6.65. The van der Waals surface area contributed by atoms with E-state index in [2.05, 4.69) is 6.92 Å². The SMILES string of the molecule is [CH2]CCOc1cc([N+](=O)[O-])ccc1N. The van der Waals surface area contributed by atoms with Gasteiger partial charge >= 0.3 is 0 Å². The zero-order valence-corrected chi connectivity index (χ0v) is 7.60. The zero-order valence-electron chi connectivity index (χ0n) is 7.60. The summed E-state index contributed by atoms with van der Waals surface area (Å²) in [6.45, 7) is 3.98. The van der Waals surface area contributed by atoms with Crippen molar-refractivity contribution in [3.8, 4) is 5.75 Å². The third-order valence-corrected chi connectivity index (χ3v) is 1.61. The molecular weight excluding hydrogens is 184 g/mol. The van der Waals surface area contributed by atoms with Gasteiger partial charge in [0.05, 0.1) is 23.3 Å². The highest BCUT2D eigenvalue weighted by molar-refractivity contribution is 5.57. The molecule has 0 atom stereocenters. The van der Waals surface area contributed by atoms with Crippen LogP contribution in [0.3, 0.4) is 0 Å². The second-order valence-corrected chi connectivity index (χ2v) is 2.68. The van der Waals surface area contributed by atoms with Gasteiger partial charge in [-0.05, 0) is 19.4 Å². The molecule has 0 amide bonds. The van der Waals surface area contributed by atoms with Crippen molar-refractivity contribution in [2.45, 2.75) is 6.42 Å². The monoisotopic (exact) mass is 195 g/mol. The van der Waals surface area contributed by atoms with Crippen LogP contribution in [0.4, 0.5) is 11.4 Å². The summed E-state index contributed by atoms with van der Waals surface area (Å²) >= 11 is 0. The van der Waals surface area contributed by atoms with E-state index in [0.29, 0.717) is 24.5 Å². The van der Waals surface area contributed by atoms with E-state index in [1.807, 2.05) is 0 Å². The Labute approximate surface area is 81.6 Å². The highest BCUT2D eigenvalue weighted by Gasteiger charge is 2.09. The normalized spacial score (nSPS) is 9.79. The second-order valence-electron chi connectivity index (χ2n) is 2.68. The maximum absolute atomic E-state index is 10.4. The number of benzene rings is 1. The van der Waals surface area contributed by atoms with Crippen molar-refractivity contribution in [2.75, 3.05) is 12.3 Å². The molecule has 5 heteroatoms. The van der Waals surface area contributed by atoms with E-state index in [-0.39, 0.29) is 5.69 Å². The van der Waals surface area contributed by atoms with E-state index < -0.39 is 4.92 Å². The summed E-state index contributed by atoms with van der Waals surface area (Å²) in [5.41, 5.74) is 5.93. The van der Waals surface area contributed by atoms with Crippen LogP contribution in [-0.2, 0) is 0 Å². The molecule has 75 valence electrons. The van der Waals surface area contributed by atoms with Crippen LogP contribution in [-0.4, -0.2) is 11.5 Å². The van der Waals surface area contributed by atoms with E-state index >= 15 is 0 Å². The number of nitro groups is 1. The lowest BCUT2D eigenvalue weighted by molar-refractivity contribution is -0.384. The summed E-state index contributed by atoms with van der Waals surface area (Å²) in [4.78, 5) is 9.95. The summed E-state index contributed by atoms with van der Waals surface area (Å²) in [6, 6.07) is 4.11. The number of nitro benzene ring substituents is 1. The molecule has 0 fully saturated rings. The van der Waals surface area contributed by atoms with Gasteiger partial charge in [-0.15, -0.1) is 0 Å². The first-order valence-corrected chi connectivity index (χ1v) is 4.11. The molecule has 0 saturated carbocycles. The molecule has 1 rings (SSSR count). The Hall–Kier alpha value is -1.78. The van der Waals surface area contributed by atoms with Gasteiger partial charge in [0, 0.05) is 6.07 Å². The van der Waals surface area contributed by atoms with E-state index in [9.17, 15) is 10.1 Å². The molecule has 0 spiro atoms. The summed E-state index contributed by atoms with van der Waals surface area (Å²) in [5.74, 6) is 0.336. The van der Waals surface area contributed by atoms with Crippen LogP contribution in [0.1, 0.15) is 6.42 Å². The predicted molar refractivity (Wildman–Crippen MR) is 53.0 cm³/mol. The predicted octanol–water partition coefficient (Wildman–Crippen LogP) is 1.78. The Balaban J connectivity index is 2.90. The van der Waals surface area contributed by atoms with E-state index in [1.54, 1.807) is 0 Å². The van der Waals surface area contributed by atoms with Gasteiger partial charge in [0.2, 0.25) is 0 Å². The van der Waals surface area contributed by atoms with Gasteiger partial charge in [0.25, 0.3) is 5.69 Å². The van der Waals surface area contributed by atoms with Crippen molar-refractivity contribution in [1.82, 2.24) is 0 Å². The molecule has 0 unspecified atom stereocenters. The first kappa shape index (κ1) is 10.3. The minimum atomic E-state index is -0.490. The van der Waals surface area contributed by atoms with Crippen LogP contribution in [0.15, 0.2) is 18.2 Å². The molecule has 0 heterocycles. The van der Waals surface area contributed by atoms with Crippen molar-refractivity contribution < 1.29 is 9.66 Å². The lowest BCUT2D eigenvalue weighted by Crippen LogP contribution is -2.00. The smallest absolute Gasteiger partial charge is 0.273 e. The molecule has 1 aromatic rings. The van der Waals surface area contributed by atoms with E-state index in [0.717, 1.165) is 0 Å². The molecule has 2 N–H and O–H groups in total. The van der Waals surface area contributed by atoms with Crippen molar-refractivity contribution in [2.24, 2.45) is 0 Å². The molecule has 1 aromatic carbocycles. The van der Waals surface area contributed by atoms with E-state index in [4.69, 9.17) is 10.5 Å². The molecule has 0 bridgehead atoms. The number of anilines is 1. The van der Waals surface area contributed by atoms with Crippen LogP contribution >= 0.6 is 0 Å². The van der Waals surface area contributed by atoms with Crippen LogP contribution in [0.25, 0.3) is 0 Å². The molecule has 5 nitrogen and oxygen atoms in total. The second kappa shape index (κ2) is 4.45. The lowest BCUT2D eigenvalue weighted by Gasteiger charge is -2.06. The van der Waals surface area contributed by atoms with Gasteiger partial charge < -0.3 is 10.5 Å². The lowest BCUT2D eigenvalue weighted by atomic mass is 10.2. The Kier molecular flexibility index (Phi) is 3.28. The van der Waals surface area contributed by atoms with Gasteiger partial charge in [-0.1, -0.05) is 0 Å². The molecule has 0 saturated heterocycles. The molecule has 0 aliphatic carbocycles. The van der Waals surface area contributed by atoms with Crippen molar-refractivity contribution >= 4 is 11.4 Å². The standard InChI is InChI=1S/C9H11N2O3/c1-2-5-14-9-6-7(11(12)13)3-4-8(9)10/h3-4,6H,1-2,5,10H2.